The molecule has 3 N–H and O–H groups in total. The second kappa shape index (κ2) is 10.6. The highest BCUT2D eigenvalue weighted by atomic mass is 19.1. The van der Waals surface area contributed by atoms with Gasteiger partial charge in [0, 0.05) is 12.6 Å². The van der Waals surface area contributed by atoms with Gasteiger partial charge in [-0.15, -0.1) is 0 Å². The maximum atomic E-state index is 12.9. The molecule has 10 heteroatoms. The summed E-state index contributed by atoms with van der Waals surface area (Å²) in [6.07, 6.45) is 1.06. The normalized spacial score (nSPS) is 10.9. The van der Waals surface area contributed by atoms with E-state index in [9.17, 15) is 34.8 Å². The average Bonchev–Trinajstić information content (AvgIpc) is 2.83. The van der Waals surface area contributed by atoms with Crippen molar-refractivity contribution in [3.05, 3.63) is 98.9 Å². The van der Waals surface area contributed by atoms with Gasteiger partial charge in [0.15, 0.2) is 5.75 Å². The Kier molecular flexibility index (Phi) is 7.41. The van der Waals surface area contributed by atoms with Crippen LogP contribution in [0.5, 0.6) is 17.2 Å². The van der Waals surface area contributed by atoms with Gasteiger partial charge in [-0.05, 0) is 53.1 Å². The highest BCUT2D eigenvalue weighted by molar-refractivity contribution is 6.01. The summed E-state index contributed by atoms with van der Waals surface area (Å²) in [6, 6.07) is 16.4. The molecular formula is C24H18FN3O6. The summed E-state index contributed by atoms with van der Waals surface area (Å²) >= 11 is 0. The monoisotopic (exact) mass is 463 g/mol. The maximum absolute atomic E-state index is 12.9. The molecule has 0 aromatic heterocycles. The number of phenolic OH excluding ortho intramolecular Hbond substituents is 2. The van der Waals surface area contributed by atoms with Crippen LogP contribution in [0.1, 0.15) is 16.7 Å². The number of nitriles is 1. The standard InChI is InChI=1S/C24H18FN3O6/c25-19-5-1-16(2-6-19)14-34-20-7-3-15(4-8-20)13-27-24(31)18(12-26)9-17-10-21(28(32)33)23(30)22(29)11-17/h1-11,29-30H,13-14H2,(H,27,31)/b18-9+. The van der Waals surface area contributed by atoms with E-state index in [4.69, 9.17) is 4.74 Å². The Morgan fingerprint density at radius 3 is 2.38 bits per heavy atom. The first-order chi connectivity index (χ1) is 16.3. The zero-order chi connectivity index (χ0) is 24.7. The van der Waals surface area contributed by atoms with Crippen molar-refractivity contribution in [3.63, 3.8) is 0 Å². The van der Waals surface area contributed by atoms with Gasteiger partial charge in [-0.3, -0.25) is 14.9 Å². The molecule has 0 fully saturated rings. The number of rotatable bonds is 8. The molecule has 3 rings (SSSR count). The van der Waals surface area contributed by atoms with Crippen molar-refractivity contribution in [1.82, 2.24) is 5.32 Å². The van der Waals surface area contributed by atoms with Crippen molar-refractivity contribution in [2.45, 2.75) is 13.2 Å². The third kappa shape index (κ3) is 6.08. The second-order valence-corrected chi connectivity index (χ2v) is 7.08. The van der Waals surface area contributed by atoms with E-state index in [0.29, 0.717) is 5.75 Å². The minimum Gasteiger partial charge on any atom is -0.504 e. The molecule has 3 aromatic rings. The zero-order valence-electron chi connectivity index (χ0n) is 17.6. The molecule has 0 saturated carbocycles. The van der Waals surface area contributed by atoms with E-state index in [-0.39, 0.29) is 30.1 Å². The Morgan fingerprint density at radius 1 is 1.12 bits per heavy atom. The lowest BCUT2D eigenvalue weighted by atomic mass is 10.1. The smallest absolute Gasteiger partial charge is 0.315 e. The number of halogens is 1. The molecule has 0 heterocycles. The molecule has 172 valence electrons. The maximum Gasteiger partial charge on any atom is 0.315 e. The van der Waals surface area contributed by atoms with Crippen LogP contribution in [0.3, 0.4) is 0 Å². The SMILES string of the molecule is N#C/C(=C\c1cc(O)c(O)c([N+](=O)[O-])c1)C(=O)NCc1ccc(OCc2ccc(F)cc2)cc1. The number of amides is 1. The van der Waals surface area contributed by atoms with Crippen LogP contribution in [0.15, 0.2) is 66.2 Å². The highest BCUT2D eigenvalue weighted by Gasteiger charge is 2.19. The molecule has 0 atom stereocenters. The van der Waals surface area contributed by atoms with E-state index in [0.717, 1.165) is 29.3 Å². The molecule has 0 aliphatic heterocycles. The second-order valence-electron chi connectivity index (χ2n) is 7.08. The minimum absolute atomic E-state index is 0.00337. The van der Waals surface area contributed by atoms with Crippen LogP contribution in [-0.4, -0.2) is 21.0 Å². The van der Waals surface area contributed by atoms with Crippen molar-refractivity contribution < 1.29 is 29.1 Å². The van der Waals surface area contributed by atoms with Crippen molar-refractivity contribution in [2.24, 2.45) is 0 Å². The fraction of sp³-hybridized carbons (Fsp3) is 0.0833. The van der Waals surface area contributed by atoms with Gasteiger partial charge in [0.25, 0.3) is 5.91 Å². The summed E-state index contributed by atoms with van der Waals surface area (Å²) < 4.78 is 18.6. The number of nitrogens with one attached hydrogen (secondary N) is 1. The van der Waals surface area contributed by atoms with Crippen LogP contribution in [0, 0.1) is 27.3 Å². The van der Waals surface area contributed by atoms with E-state index in [1.54, 1.807) is 42.5 Å². The van der Waals surface area contributed by atoms with Crippen LogP contribution in [0.2, 0.25) is 0 Å². The molecule has 0 unspecified atom stereocenters. The van der Waals surface area contributed by atoms with Crippen molar-refractivity contribution in [3.8, 4) is 23.3 Å². The Morgan fingerprint density at radius 2 is 1.76 bits per heavy atom. The van der Waals surface area contributed by atoms with E-state index in [2.05, 4.69) is 5.32 Å². The Bertz CT molecular complexity index is 1280. The fourth-order valence-electron chi connectivity index (χ4n) is 2.89. The quantitative estimate of drug-likeness (QED) is 0.151. The number of hydrogen-bond acceptors (Lipinski definition) is 7. The van der Waals surface area contributed by atoms with E-state index in [1.807, 2.05) is 0 Å². The van der Waals surface area contributed by atoms with Gasteiger partial charge in [0.2, 0.25) is 5.75 Å². The summed E-state index contributed by atoms with van der Waals surface area (Å²) in [5.41, 5.74) is 0.416. The van der Waals surface area contributed by atoms with E-state index >= 15 is 0 Å². The van der Waals surface area contributed by atoms with Crippen molar-refractivity contribution in [1.29, 1.82) is 5.26 Å². The molecule has 3 aromatic carbocycles. The predicted molar refractivity (Wildman–Crippen MR) is 119 cm³/mol. The molecule has 34 heavy (non-hydrogen) atoms. The van der Waals surface area contributed by atoms with Crippen molar-refractivity contribution >= 4 is 17.7 Å². The highest BCUT2D eigenvalue weighted by Crippen LogP contribution is 2.36. The number of ether oxygens (including phenoxy) is 1. The number of phenols is 2. The summed E-state index contributed by atoms with van der Waals surface area (Å²) in [6.45, 7) is 0.356. The lowest BCUT2D eigenvalue weighted by Gasteiger charge is -2.08. The van der Waals surface area contributed by atoms with Crippen LogP contribution >= 0.6 is 0 Å². The van der Waals surface area contributed by atoms with E-state index in [1.165, 1.54) is 12.1 Å². The average molecular weight is 463 g/mol. The number of carbonyl (C=O) groups is 1. The minimum atomic E-state index is -0.907. The molecular weight excluding hydrogens is 445 g/mol. The van der Waals surface area contributed by atoms with E-state index < -0.39 is 28.0 Å². The molecule has 0 aliphatic carbocycles. The van der Waals surface area contributed by atoms with Gasteiger partial charge in [-0.1, -0.05) is 24.3 Å². The van der Waals surface area contributed by atoms with Crippen LogP contribution in [-0.2, 0) is 17.9 Å². The van der Waals surface area contributed by atoms with Gasteiger partial charge in [-0.2, -0.15) is 5.26 Å². The molecule has 0 radical (unpaired) electrons. The zero-order valence-corrected chi connectivity index (χ0v) is 17.6. The summed E-state index contributed by atoms with van der Waals surface area (Å²) in [5.74, 6) is -2.14. The number of nitro benzene ring substituents is 1. The fourth-order valence-corrected chi connectivity index (χ4v) is 2.89. The van der Waals surface area contributed by atoms with Gasteiger partial charge in [-0.25, -0.2) is 4.39 Å². The molecule has 0 bridgehead atoms. The number of nitro groups is 1. The third-order valence-corrected chi connectivity index (χ3v) is 4.66. The first-order valence-electron chi connectivity index (χ1n) is 9.83. The number of carbonyl (C=O) groups excluding carboxylic acids is 1. The summed E-state index contributed by atoms with van der Waals surface area (Å²) in [4.78, 5) is 22.4. The lowest BCUT2D eigenvalue weighted by Crippen LogP contribution is -2.23. The number of benzene rings is 3. The first kappa shape index (κ1) is 23.7. The number of hydrogen-bond donors (Lipinski definition) is 3. The molecule has 9 nitrogen and oxygen atoms in total. The van der Waals surface area contributed by atoms with Gasteiger partial charge < -0.3 is 20.3 Å². The van der Waals surface area contributed by atoms with Gasteiger partial charge in [0.05, 0.1) is 4.92 Å². The summed E-state index contributed by atoms with van der Waals surface area (Å²) in [5, 5.41) is 42.0. The van der Waals surface area contributed by atoms with Crippen molar-refractivity contribution in [2.75, 3.05) is 0 Å². The number of nitrogens with zero attached hydrogens (tertiary/aromatic N) is 2. The topological polar surface area (TPSA) is 146 Å². The number of aromatic hydroxyl groups is 2. The third-order valence-electron chi connectivity index (χ3n) is 4.66. The largest absolute Gasteiger partial charge is 0.504 e. The van der Waals surface area contributed by atoms with Crippen LogP contribution in [0.25, 0.3) is 6.08 Å². The molecule has 0 spiro atoms. The van der Waals surface area contributed by atoms with Gasteiger partial charge >= 0.3 is 5.69 Å². The molecule has 0 saturated heterocycles. The van der Waals surface area contributed by atoms with Crippen LogP contribution in [0.4, 0.5) is 10.1 Å². The van der Waals surface area contributed by atoms with Gasteiger partial charge in [0.1, 0.15) is 29.8 Å². The Hall–Kier alpha value is -4.91. The lowest BCUT2D eigenvalue weighted by molar-refractivity contribution is -0.386. The first-order valence-corrected chi connectivity index (χ1v) is 9.83. The van der Waals surface area contributed by atoms with Crippen LogP contribution < -0.4 is 10.1 Å². The molecule has 1 amide bonds. The molecule has 0 aliphatic rings. The summed E-state index contributed by atoms with van der Waals surface area (Å²) in [7, 11) is 0. The Labute approximate surface area is 193 Å². The Balaban J connectivity index is 1.61. The predicted octanol–water partition coefficient (Wildman–Crippen LogP) is 3.95.